The molecular weight excluding hydrogens is 326 g/mol. The van der Waals surface area contributed by atoms with E-state index in [9.17, 15) is 9.59 Å². The summed E-state index contributed by atoms with van der Waals surface area (Å²) in [5.41, 5.74) is 3.30. The molecule has 138 valence electrons. The van der Waals surface area contributed by atoms with Crippen LogP contribution in [-0.2, 0) is 9.59 Å². The first-order chi connectivity index (χ1) is 12.1. The van der Waals surface area contributed by atoms with Crippen molar-refractivity contribution < 1.29 is 9.59 Å². The molecule has 2 amide bonds. The van der Waals surface area contributed by atoms with Crippen molar-refractivity contribution in [3.8, 4) is 0 Å². The second-order valence-electron chi connectivity index (χ2n) is 7.22. The quantitative estimate of drug-likeness (QED) is 0.800. The Morgan fingerprint density at radius 3 is 2.04 bits per heavy atom. The summed E-state index contributed by atoms with van der Waals surface area (Å²) in [5.74, 6) is -0.688. The molecule has 2 N–H and O–H groups in total. The molecule has 5 heteroatoms. The Morgan fingerprint density at radius 1 is 0.885 bits per heavy atom. The highest BCUT2D eigenvalue weighted by Crippen LogP contribution is 2.25. The lowest BCUT2D eigenvalue weighted by Gasteiger charge is -2.23. The summed E-state index contributed by atoms with van der Waals surface area (Å²) in [4.78, 5) is 27.3. The van der Waals surface area contributed by atoms with Crippen LogP contribution in [0.3, 0.4) is 0 Å². The molecule has 26 heavy (non-hydrogen) atoms. The summed E-state index contributed by atoms with van der Waals surface area (Å²) in [6, 6.07) is 13.2. The molecule has 2 aromatic rings. The molecule has 2 aromatic carbocycles. The van der Waals surface area contributed by atoms with E-state index in [2.05, 4.69) is 10.6 Å². The maximum absolute atomic E-state index is 12.7. The number of hydrogen-bond donors (Lipinski definition) is 2. The van der Waals surface area contributed by atoms with Crippen molar-refractivity contribution in [1.82, 2.24) is 0 Å². The van der Waals surface area contributed by atoms with Gasteiger partial charge in [-0.1, -0.05) is 12.1 Å². The van der Waals surface area contributed by atoms with Gasteiger partial charge in [0, 0.05) is 31.2 Å². The molecular formula is C21H27N3O2. The van der Waals surface area contributed by atoms with E-state index >= 15 is 0 Å². The number of anilines is 3. The van der Waals surface area contributed by atoms with E-state index in [1.807, 2.05) is 75.3 Å². The fourth-order valence-corrected chi connectivity index (χ4v) is 2.40. The van der Waals surface area contributed by atoms with Crippen LogP contribution in [0.2, 0.25) is 0 Å². The van der Waals surface area contributed by atoms with Crippen LogP contribution in [-0.4, -0.2) is 25.9 Å². The molecule has 0 heterocycles. The molecule has 0 aliphatic heterocycles. The minimum Gasteiger partial charge on any atom is -0.378 e. The average molecular weight is 353 g/mol. The summed E-state index contributed by atoms with van der Waals surface area (Å²) >= 11 is 0. The largest absolute Gasteiger partial charge is 0.378 e. The van der Waals surface area contributed by atoms with E-state index in [0.717, 1.165) is 22.5 Å². The Morgan fingerprint density at radius 2 is 1.46 bits per heavy atom. The number of rotatable bonds is 5. The molecule has 0 saturated carbocycles. The topological polar surface area (TPSA) is 61.4 Å². The summed E-state index contributed by atoms with van der Waals surface area (Å²) in [7, 11) is 3.91. The first kappa shape index (κ1) is 19.5. The SMILES string of the molecule is Cc1cccc(NC(=O)C(C)(C)C(=O)Nc2ccc(N(C)C)cc2)c1C. The van der Waals surface area contributed by atoms with Crippen LogP contribution >= 0.6 is 0 Å². The van der Waals surface area contributed by atoms with Gasteiger partial charge in [-0.3, -0.25) is 9.59 Å². The first-order valence-electron chi connectivity index (χ1n) is 8.59. The van der Waals surface area contributed by atoms with Crippen molar-refractivity contribution in [2.75, 3.05) is 29.6 Å². The molecule has 0 aliphatic carbocycles. The van der Waals surface area contributed by atoms with Crippen molar-refractivity contribution in [3.63, 3.8) is 0 Å². The lowest BCUT2D eigenvalue weighted by Crippen LogP contribution is -2.41. The molecule has 0 radical (unpaired) electrons. The first-order valence-corrected chi connectivity index (χ1v) is 8.59. The van der Waals surface area contributed by atoms with E-state index in [1.165, 1.54) is 0 Å². The molecule has 0 unspecified atom stereocenters. The zero-order valence-corrected chi connectivity index (χ0v) is 16.3. The molecule has 5 nitrogen and oxygen atoms in total. The Hall–Kier alpha value is -2.82. The van der Waals surface area contributed by atoms with Crippen LogP contribution in [0.1, 0.15) is 25.0 Å². The van der Waals surface area contributed by atoms with Gasteiger partial charge in [0.2, 0.25) is 11.8 Å². The van der Waals surface area contributed by atoms with Crippen LogP contribution in [0.4, 0.5) is 17.1 Å². The summed E-state index contributed by atoms with van der Waals surface area (Å²) in [6.07, 6.45) is 0. The maximum atomic E-state index is 12.7. The number of carbonyl (C=O) groups is 2. The number of carbonyl (C=O) groups excluding carboxylic acids is 2. The number of aryl methyl sites for hydroxylation is 1. The van der Waals surface area contributed by atoms with E-state index in [1.54, 1.807) is 13.8 Å². The molecule has 0 bridgehead atoms. The summed E-state index contributed by atoms with van der Waals surface area (Å²) in [6.45, 7) is 7.18. The number of nitrogens with zero attached hydrogens (tertiary/aromatic N) is 1. The molecule has 0 aromatic heterocycles. The van der Waals surface area contributed by atoms with Gasteiger partial charge >= 0.3 is 0 Å². The van der Waals surface area contributed by atoms with Crippen LogP contribution in [0.5, 0.6) is 0 Å². The molecule has 0 aliphatic rings. The lowest BCUT2D eigenvalue weighted by atomic mass is 9.90. The van der Waals surface area contributed by atoms with Crippen molar-refractivity contribution >= 4 is 28.9 Å². The van der Waals surface area contributed by atoms with Gasteiger partial charge in [-0.2, -0.15) is 0 Å². The number of amides is 2. The number of benzene rings is 2. The highest BCUT2D eigenvalue weighted by atomic mass is 16.2. The number of nitrogens with one attached hydrogen (secondary N) is 2. The third-order valence-corrected chi connectivity index (χ3v) is 4.63. The third-order valence-electron chi connectivity index (χ3n) is 4.63. The van der Waals surface area contributed by atoms with Crippen LogP contribution < -0.4 is 15.5 Å². The van der Waals surface area contributed by atoms with Crippen LogP contribution in [0.25, 0.3) is 0 Å². The van der Waals surface area contributed by atoms with Gasteiger partial charge in [0.1, 0.15) is 5.41 Å². The normalized spacial score (nSPS) is 11.0. The Balaban J connectivity index is 2.10. The second-order valence-corrected chi connectivity index (χ2v) is 7.22. The van der Waals surface area contributed by atoms with E-state index in [4.69, 9.17) is 0 Å². The van der Waals surface area contributed by atoms with Gasteiger partial charge in [-0.15, -0.1) is 0 Å². The zero-order chi connectivity index (χ0) is 19.5. The van der Waals surface area contributed by atoms with E-state index < -0.39 is 5.41 Å². The van der Waals surface area contributed by atoms with Gasteiger partial charge in [-0.05, 0) is 69.2 Å². The van der Waals surface area contributed by atoms with Crippen LogP contribution in [0.15, 0.2) is 42.5 Å². The van der Waals surface area contributed by atoms with Gasteiger partial charge in [-0.25, -0.2) is 0 Å². The van der Waals surface area contributed by atoms with E-state index in [-0.39, 0.29) is 11.8 Å². The molecule has 2 rings (SSSR count). The van der Waals surface area contributed by atoms with Crippen molar-refractivity contribution in [1.29, 1.82) is 0 Å². The molecule has 0 fully saturated rings. The minimum absolute atomic E-state index is 0.339. The zero-order valence-electron chi connectivity index (χ0n) is 16.3. The maximum Gasteiger partial charge on any atom is 0.239 e. The fourth-order valence-electron chi connectivity index (χ4n) is 2.40. The molecule has 0 saturated heterocycles. The summed E-state index contributed by atoms with van der Waals surface area (Å²) in [5, 5.41) is 5.70. The van der Waals surface area contributed by atoms with Crippen molar-refractivity contribution in [3.05, 3.63) is 53.6 Å². The Bertz CT molecular complexity index is 809. The standard InChI is InChI=1S/C21H27N3O2/c1-14-8-7-9-18(15(14)2)23-20(26)21(3,4)19(25)22-16-10-12-17(13-11-16)24(5)6/h7-13H,1-6H3,(H,22,25)(H,23,26). The third kappa shape index (κ3) is 4.23. The average Bonchev–Trinajstić information content (AvgIpc) is 2.59. The monoisotopic (exact) mass is 353 g/mol. The Kier molecular flexibility index (Phi) is 5.70. The lowest BCUT2D eigenvalue weighted by molar-refractivity contribution is -0.135. The van der Waals surface area contributed by atoms with Gasteiger partial charge in [0.25, 0.3) is 0 Å². The minimum atomic E-state index is -1.21. The van der Waals surface area contributed by atoms with Gasteiger partial charge in [0.15, 0.2) is 0 Å². The van der Waals surface area contributed by atoms with E-state index in [0.29, 0.717) is 5.69 Å². The Labute approximate surface area is 155 Å². The fraction of sp³-hybridized carbons (Fsp3) is 0.333. The van der Waals surface area contributed by atoms with Gasteiger partial charge in [0.05, 0.1) is 0 Å². The second kappa shape index (κ2) is 7.60. The van der Waals surface area contributed by atoms with Gasteiger partial charge < -0.3 is 15.5 Å². The van der Waals surface area contributed by atoms with Crippen molar-refractivity contribution in [2.24, 2.45) is 5.41 Å². The van der Waals surface area contributed by atoms with Crippen molar-refractivity contribution in [2.45, 2.75) is 27.7 Å². The predicted molar refractivity (Wildman–Crippen MR) is 108 cm³/mol. The molecule has 0 spiro atoms. The number of hydrogen-bond acceptors (Lipinski definition) is 3. The predicted octanol–water partition coefficient (Wildman–Crippen LogP) is 3.97. The highest BCUT2D eigenvalue weighted by molar-refractivity contribution is 6.14. The highest BCUT2D eigenvalue weighted by Gasteiger charge is 2.36. The smallest absolute Gasteiger partial charge is 0.239 e. The summed E-state index contributed by atoms with van der Waals surface area (Å²) < 4.78 is 0. The molecule has 0 atom stereocenters. The van der Waals surface area contributed by atoms with Crippen LogP contribution in [0, 0.1) is 19.3 Å².